The lowest BCUT2D eigenvalue weighted by Crippen LogP contribution is -2.48. The Morgan fingerprint density at radius 2 is 1.86 bits per heavy atom. The fraction of sp³-hybridized carbons (Fsp3) is 0.600. The van der Waals surface area contributed by atoms with Crippen molar-refractivity contribution >= 4 is 10.0 Å². The molecule has 1 fully saturated rings. The Kier molecular flexibility index (Phi) is 4.08. The summed E-state index contributed by atoms with van der Waals surface area (Å²) in [6.45, 7) is 7.59. The average Bonchev–Trinajstić information content (AvgIpc) is 2.67. The first kappa shape index (κ1) is 16.3. The molecule has 1 atom stereocenters. The van der Waals surface area contributed by atoms with E-state index in [9.17, 15) is 13.5 Å². The van der Waals surface area contributed by atoms with Crippen molar-refractivity contribution in [2.75, 3.05) is 13.7 Å². The standard InChI is InChI=1S/C15H23NO4S/c1-10-8-12(20-5)13(9-11(10)2)21(18,19)16-7-6-14(17)15(16,3)4/h8-9,14,17H,6-7H2,1-5H3. The molecule has 118 valence electrons. The second kappa shape index (κ2) is 5.26. The van der Waals surface area contributed by atoms with Gasteiger partial charge in [0.25, 0.3) is 0 Å². The van der Waals surface area contributed by atoms with E-state index in [1.54, 1.807) is 26.0 Å². The number of aryl methyl sites for hydroxylation is 2. The molecule has 1 aliphatic rings. The van der Waals surface area contributed by atoms with E-state index in [4.69, 9.17) is 4.74 Å². The molecule has 1 aromatic carbocycles. The van der Waals surface area contributed by atoms with Crippen LogP contribution in [-0.2, 0) is 10.0 Å². The van der Waals surface area contributed by atoms with Crippen molar-refractivity contribution in [3.63, 3.8) is 0 Å². The SMILES string of the molecule is COc1cc(C)c(C)cc1S(=O)(=O)N1CCC(O)C1(C)C. The lowest BCUT2D eigenvalue weighted by molar-refractivity contribution is 0.0900. The normalized spacial score (nSPS) is 22.5. The quantitative estimate of drug-likeness (QED) is 0.925. The Balaban J connectivity index is 2.58. The van der Waals surface area contributed by atoms with Crippen LogP contribution in [0.3, 0.4) is 0 Å². The van der Waals surface area contributed by atoms with Crippen molar-refractivity contribution < 1.29 is 18.3 Å². The largest absolute Gasteiger partial charge is 0.495 e. The van der Waals surface area contributed by atoms with Gasteiger partial charge in [-0.05, 0) is 57.4 Å². The third-order valence-corrected chi connectivity index (χ3v) is 6.52. The highest BCUT2D eigenvalue weighted by Gasteiger charge is 2.47. The van der Waals surface area contributed by atoms with E-state index in [1.807, 2.05) is 13.8 Å². The van der Waals surface area contributed by atoms with E-state index in [0.29, 0.717) is 18.7 Å². The first-order valence-corrected chi connectivity index (χ1v) is 8.42. The van der Waals surface area contributed by atoms with Crippen molar-refractivity contribution in [2.24, 2.45) is 0 Å². The number of sulfonamides is 1. The van der Waals surface area contributed by atoms with Crippen LogP contribution in [0.5, 0.6) is 5.75 Å². The molecule has 0 aromatic heterocycles. The summed E-state index contributed by atoms with van der Waals surface area (Å²) in [7, 11) is -2.25. The number of rotatable bonds is 3. The van der Waals surface area contributed by atoms with Crippen LogP contribution in [0.4, 0.5) is 0 Å². The number of hydrogen-bond donors (Lipinski definition) is 1. The van der Waals surface area contributed by atoms with Crippen LogP contribution in [0.15, 0.2) is 17.0 Å². The number of benzene rings is 1. The van der Waals surface area contributed by atoms with Crippen LogP contribution in [0.1, 0.15) is 31.4 Å². The van der Waals surface area contributed by atoms with Crippen molar-refractivity contribution in [2.45, 2.75) is 50.7 Å². The van der Waals surface area contributed by atoms with Gasteiger partial charge in [-0.15, -0.1) is 0 Å². The van der Waals surface area contributed by atoms with Gasteiger partial charge in [-0.3, -0.25) is 0 Å². The number of aliphatic hydroxyl groups excluding tert-OH is 1. The fourth-order valence-corrected chi connectivity index (χ4v) is 4.77. The number of methoxy groups -OCH3 is 1. The first-order valence-electron chi connectivity index (χ1n) is 6.98. The summed E-state index contributed by atoms with van der Waals surface area (Å²) in [5.74, 6) is 0.343. The second-order valence-electron chi connectivity index (χ2n) is 6.12. The summed E-state index contributed by atoms with van der Waals surface area (Å²) in [4.78, 5) is 0.162. The molecule has 5 nitrogen and oxygen atoms in total. The maximum absolute atomic E-state index is 13.0. The Morgan fingerprint density at radius 1 is 1.29 bits per heavy atom. The maximum atomic E-state index is 13.0. The summed E-state index contributed by atoms with van der Waals surface area (Å²) < 4.78 is 32.6. The Morgan fingerprint density at radius 3 is 2.33 bits per heavy atom. The van der Waals surface area contributed by atoms with Gasteiger partial charge >= 0.3 is 0 Å². The van der Waals surface area contributed by atoms with Crippen LogP contribution in [0.25, 0.3) is 0 Å². The molecule has 0 aliphatic carbocycles. The molecule has 2 rings (SSSR count). The van der Waals surface area contributed by atoms with Crippen molar-refractivity contribution in [3.05, 3.63) is 23.3 Å². The molecule has 0 saturated carbocycles. The van der Waals surface area contributed by atoms with Crippen LogP contribution >= 0.6 is 0 Å². The molecule has 21 heavy (non-hydrogen) atoms. The number of ether oxygens (including phenoxy) is 1. The molecule has 6 heteroatoms. The highest BCUT2D eigenvalue weighted by molar-refractivity contribution is 7.89. The Bertz CT molecular complexity index is 652. The zero-order valence-electron chi connectivity index (χ0n) is 13.2. The van der Waals surface area contributed by atoms with Gasteiger partial charge in [0.1, 0.15) is 10.6 Å². The highest BCUT2D eigenvalue weighted by atomic mass is 32.2. The van der Waals surface area contributed by atoms with Crippen molar-refractivity contribution in [3.8, 4) is 5.75 Å². The van der Waals surface area contributed by atoms with Crippen LogP contribution in [0, 0.1) is 13.8 Å². The third-order valence-electron chi connectivity index (χ3n) is 4.41. The molecular formula is C15H23NO4S. The summed E-state index contributed by atoms with van der Waals surface area (Å²) in [5, 5.41) is 10.0. The lowest BCUT2D eigenvalue weighted by atomic mass is 10.0. The zero-order chi connectivity index (χ0) is 16.0. The fourth-order valence-electron chi connectivity index (χ4n) is 2.72. The zero-order valence-corrected chi connectivity index (χ0v) is 14.0. The minimum atomic E-state index is -3.71. The van der Waals surface area contributed by atoms with Gasteiger partial charge in [-0.1, -0.05) is 0 Å². The molecular weight excluding hydrogens is 290 g/mol. The first-order chi connectivity index (χ1) is 9.62. The summed E-state index contributed by atoms with van der Waals surface area (Å²) >= 11 is 0. The third kappa shape index (κ3) is 2.56. The highest BCUT2D eigenvalue weighted by Crippen LogP contribution is 2.37. The average molecular weight is 313 g/mol. The topological polar surface area (TPSA) is 66.8 Å². The van der Waals surface area contributed by atoms with E-state index >= 15 is 0 Å². The molecule has 1 saturated heterocycles. The molecule has 1 heterocycles. The van der Waals surface area contributed by atoms with E-state index in [2.05, 4.69) is 0 Å². The molecule has 1 N–H and O–H groups in total. The second-order valence-corrected chi connectivity index (χ2v) is 7.95. The molecule has 1 unspecified atom stereocenters. The Hall–Kier alpha value is -1.11. The minimum Gasteiger partial charge on any atom is -0.495 e. The monoisotopic (exact) mass is 313 g/mol. The molecule has 0 radical (unpaired) electrons. The summed E-state index contributed by atoms with van der Waals surface area (Å²) in [5.41, 5.74) is 1.06. The predicted octanol–water partition coefficient (Wildman–Crippen LogP) is 1.85. The predicted molar refractivity (Wildman–Crippen MR) is 81.1 cm³/mol. The van der Waals surface area contributed by atoms with Gasteiger partial charge in [0.15, 0.2) is 0 Å². The van der Waals surface area contributed by atoms with Gasteiger partial charge in [0, 0.05) is 6.54 Å². The van der Waals surface area contributed by atoms with Gasteiger partial charge in [0.05, 0.1) is 18.8 Å². The van der Waals surface area contributed by atoms with Gasteiger partial charge in [-0.25, -0.2) is 8.42 Å². The Labute approximate surface area is 126 Å². The lowest BCUT2D eigenvalue weighted by Gasteiger charge is -2.33. The minimum absolute atomic E-state index is 0.162. The maximum Gasteiger partial charge on any atom is 0.247 e. The van der Waals surface area contributed by atoms with E-state index in [-0.39, 0.29) is 4.90 Å². The van der Waals surface area contributed by atoms with Crippen molar-refractivity contribution in [1.29, 1.82) is 0 Å². The van der Waals surface area contributed by atoms with Crippen LogP contribution < -0.4 is 4.74 Å². The van der Waals surface area contributed by atoms with Crippen LogP contribution in [0.2, 0.25) is 0 Å². The summed E-state index contributed by atoms with van der Waals surface area (Å²) in [6.07, 6.45) is -0.218. The van der Waals surface area contributed by atoms with Crippen molar-refractivity contribution in [1.82, 2.24) is 4.31 Å². The molecule has 0 spiro atoms. The molecule has 0 amide bonds. The summed E-state index contributed by atoms with van der Waals surface area (Å²) in [6, 6.07) is 3.38. The number of aliphatic hydroxyl groups is 1. The molecule has 0 bridgehead atoms. The van der Waals surface area contributed by atoms with E-state index in [1.165, 1.54) is 11.4 Å². The molecule has 1 aromatic rings. The van der Waals surface area contributed by atoms with Gasteiger partial charge < -0.3 is 9.84 Å². The van der Waals surface area contributed by atoms with Gasteiger partial charge in [0.2, 0.25) is 10.0 Å². The molecule has 1 aliphatic heterocycles. The smallest absolute Gasteiger partial charge is 0.247 e. The van der Waals surface area contributed by atoms with E-state index < -0.39 is 21.7 Å². The number of hydrogen-bond acceptors (Lipinski definition) is 4. The van der Waals surface area contributed by atoms with E-state index in [0.717, 1.165) is 11.1 Å². The van der Waals surface area contributed by atoms with Gasteiger partial charge in [-0.2, -0.15) is 4.31 Å². The van der Waals surface area contributed by atoms with Crippen LogP contribution in [-0.4, -0.2) is 43.1 Å². The number of nitrogens with zero attached hydrogens (tertiary/aromatic N) is 1.